The lowest BCUT2D eigenvalue weighted by Crippen LogP contribution is -2.14. The number of H-pyrrole nitrogens is 1. The Morgan fingerprint density at radius 2 is 1.87 bits per heavy atom. The van der Waals surface area contributed by atoms with Gasteiger partial charge >= 0.3 is 0 Å². The molecule has 0 atom stereocenters. The van der Waals surface area contributed by atoms with Crippen molar-refractivity contribution < 1.29 is 4.79 Å². The number of benzene rings is 2. The summed E-state index contributed by atoms with van der Waals surface area (Å²) in [6, 6.07) is 15.6. The minimum absolute atomic E-state index is 0.145. The average Bonchev–Trinajstić information content (AvgIpc) is 3.13. The van der Waals surface area contributed by atoms with Gasteiger partial charge in [0.25, 0.3) is 5.56 Å². The maximum Gasteiger partial charge on any atom is 0.278 e. The van der Waals surface area contributed by atoms with Gasteiger partial charge in [0, 0.05) is 11.4 Å². The Hall–Kier alpha value is -3.39. The number of aromatic nitrogens is 4. The lowest BCUT2D eigenvalue weighted by atomic mass is 10.1. The van der Waals surface area contributed by atoms with Gasteiger partial charge in [-0.05, 0) is 43.2 Å². The third-order valence-corrected chi connectivity index (χ3v) is 5.63. The monoisotopic (exact) mass is 419 g/mol. The first-order chi connectivity index (χ1) is 14.5. The van der Waals surface area contributed by atoms with Gasteiger partial charge in [0.05, 0.1) is 12.1 Å². The highest BCUT2D eigenvalue weighted by Crippen LogP contribution is 2.26. The Kier molecular flexibility index (Phi) is 5.67. The number of fused-ring (bicyclic) bond motifs is 1. The molecule has 0 unspecified atom stereocenters. The van der Waals surface area contributed by atoms with Crippen molar-refractivity contribution in [2.75, 3.05) is 11.1 Å². The molecule has 0 bridgehead atoms. The van der Waals surface area contributed by atoms with Crippen molar-refractivity contribution >= 4 is 34.5 Å². The summed E-state index contributed by atoms with van der Waals surface area (Å²) < 4.78 is 1.80. The molecule has 30 heavy (non-hydrogen) atoms. The van der Waals surface area contributed by atoms with Crippen LogP contribution in [0, 0.1) is 6.92 Å². The second-order valence-corrected chi connectivity index (χ2v) is 7.80. The third-order valence-electron chi connectivity index (χ3n) is 4.69. The fourth-order valence-electron chi connectivity index (χ4n) is 3.06. The summed E-state index contributed by atoms with van der Waals surface area (Å²) in [6.45, 7) is 4.09. The predicted octanol–water partition coefficient (Wildman–Crippen LogP) is 3.71. The van der Waals surface area contributed by atoms with E-state index in [-0.39, 0.29) is 22.7 Å². The number of carbonyl (C=O) groups excluding carboxylic acids is 1. The number of nitrogens with zero attached hydrogens (tertiary/aromatic N) is 3. The molecule has 2 aromatic heterocycles. The molecule has 2 N–H and O–H groups in total. The summed E-state index contributed by atoms with van der Waals surface area (Å²) in [5.74, 6) is 0.0106. The number of rotatable bonds is 6. The minimum atomic E-state index is -0.312. The number of aromatic amines is 1. The summed E-state index contributed by atoms with van der Waals surface area (Å²) in [4.78, 5) is 36.0. The van der Waals surface area contributed by atoms with E-state index in [1.165, 1.54) is 23.7 Å². The molecule has 0 aliphatic rings. The third kappa shape index (κ3) is 4.13. The number of hydrogen-bond donors (Lipinski definition) is 2. The molecule has 152 valence electrons. The number of thioether (sulfide) groups is 1. The quantitative estimate of drug-likeness (QED) is 0.465. The Morgan fingerprint density at radius 3 is 2.57 bits per heavy atom. The van der Waals surface area contributed by atoms with Crippen molar-refractivity contribution in [1.29, 1.82) is 0 Å². The predicted molar refractivity (Wildman–Crippen MR) is 119 cm³/mol. The van der Waals surface area contributed by atoms with E-state index in [0.717, 1.165) is 23.4 Å². The van der Waals surface area contributed by atoms with Crippen molar-refractivity contribution in [3.05, 3.63) is 76.3 Å². The van der Waals surface area contributed by atoms with Crippen LogP contribution in [-0.2, 0) is 11.2 Å². The maximum absolute atomic E-state index is 12.5. The minimum Gasteiger partial charge on any atom is -0.325 e. The number of imidazole rings is 1. The zero-order valence-electron chi connectivity index (χ0n) is 16.7. The van der Waals surface area contributed by atoms with Gasteiger partial charge in [0.2, 0.25) is 5.91 Å². The van der Waals surface area contributed by atoms with E-state index < -0.39 is 0 Å². The van der Waals surface area contributed by atoms with Gasteiger partial charge in [-0.25, -0.2) is 9.97 Å². The van der Waals surface area contributed by atoms with Crippen LogP contribution in [0.4, 0.5) is 5.69 Å². The van der Waals surface area contributed by atoms with E-state index in [1.807, 2.05) is 55.5 Å². The Balaban J connectivity index is 1.59. The fraction of sp³-hybridized carbons (Fsp3) is 0.182. The standard InChI is InChI=1S/C22H21N5O2S/c1-3-15-6-8-16(9-7-15)25-18(28)12-30-22-26-19-20(23-13-24-21(19)29)27(22)17-10-4-14(2)5-11-17/h4-11,13H,3,12H2,1-2H3,(H,25,28)(H,23,24,29). The van der Waals surface area contributed by atoms with Crippen molar-refractivity contribution in [3.8, 4) is 5.69 Å². The number of amides is 1. The van der Waals surface area contributed by atoms with Gasteiger partial charge in [-0.15, -0.1) is 0 Å². The van der Waals surface area contributed by atoms with Crippen LogP contribution >= 0.6 is 11.8 Å². The number of nitrogens with one attached hydrogen (secondary N) is 2. The molecule has 0 saturated heterocycles. The summed E-state index contributed by atoms with van der Waals surface area (Å²) in [5, 5.41) is 3.43. The number of aryl methyl sites for hydroxylation is 2. The molecule has 4 aromatic rings. The van der Waals surface area contributed by atoms with Gasteiger partial charge in [0.1, 0.15) is 0 Å². The van der Waals surface area contributed by atoms with Gasteiger partial charge in [-0.1, -0.05) is 48.5 Å². The van der Waals surface area contributed by atoms with Crippen LogP contribution in [0.3, 0.4) is 0 Å². The van der Waals surface area contributed by atoms with E-state index in [1.54, 1.807) is 4.57 Å². The van der Waals surface area contributed by atoms with E-state index in [0.29, 0.717) is 10.8 Å². The van der Waals surface area contributed by atoms with Gasteiger partial charge < -0.3 is 10.3 Å². The van der Waals surface area contributed by atoms with Gasteiger partial charge in [-0.2, -0.15) is 0 Å². The van der Waals surface area contributed by atoms with Gasteiger partial charge in [-0.3, -0.25) is 14.2 Å². The Bertz CT molecular complexity index is 1240. The molecular formula is C22H21N5O2S. The normalized spacial score (nSPS) is 11.0. The molecule has 0 aliphatic carbocycles. The lowest BCUT2D eigenvalue weighted by Gasteiger charge is -2.09. The van der Waals surface area contributed by atoms with Gasteiger partial charge in [0.15, 0.2) is 16.3 Å². The molecule has 4 rings (SSSR count). The number of hydrogen-bond acceptors (Lipinski definition) is 5. The van der Waals surface area contributed by atoms with E-state index >= 15 is 0 Å². The number of anilines is 1. The first kappa shape index (κ1) is 19.9. The van der Waals surface area contributed by atoms with Crippen LogP contribution in [0.1, 0.15) is 18.1 Å². The highest BCUT2D eigenvalue weighted by atomic mass is 32.2. The first-order valence-electron chi connectivity index (χ1n) is 9.60. The van der Waals surface area contributed by atoms with Crippen molar-refractivity contribution in [1.82, 2.24) is 19.5 Å². The summed E-state index contributed by atoms with van der Waals surface area (Å²) in [5.41, 5.74) is 4.32. The highest BCUT2D eigenvalue weighted by Gasteiger charge is 2.17. The Morgan fingerprint density at radius 1 is 1.13 bits per heavy atom. The maximum atomic E-state index is 12.5. The molecule has 8 heteroatoms. The number of carbonyl (C=O) groups is 1. The molecule has 0 saturated carbocycles. The zero-order chi connectivity index (χ0) is 21.1. The second kappa shape index (κ2) is 8.54. The molecule has 0 fully saturated rings. The topological polar surface area (TPSA) is 92.7 Å². The molecule has 1 amide bonds. The molecular weight excluding hydrogens is 398 g/mol. The van der Waals surface area contributed by atoms with Crippen LogP contribution in [0.25, 0.3) is 16.9 Å². The van der Waals surface area contributed by atoms with Crippen LogP contribution in [0.5, 0.6) is 0 Å². The van der Waals surface area contributed by atoms with Crippen LogP contribution < -0.4 is 10.9 Å². The molecule has 2 heterocycles. The van der Waals surface area contributed by atoms with Crippen molar-refractivity contribution in [2.45, 2.75) is 25.4 Å². The van der Waals surface area contributed by atoms with Crippen LogP contribution in [0.15, 0.2) is 64.8 Å². The molecule has 0 aliphatic heterocycles. The molecule has 7 nitrogen and oxygen atoms in total. The SMILES string of the molecule is CCc1ccc(NC(=O)CSc2nc3c(=O)[nH]cnc3n2-c2ccc(C)cc2)cc1. The van der Waals surface area contributed by atoms with E-state index in [2.05, 4.69) is 27.2 Å². The van der Waals surface area contributed by atoms with Crippen molar-refractivity contribution in [2.24, 2.45) is 0 Å². The largest absolute Gasteiger partial charge is 0.325 e. The first-order valence-corrected chi connectivity index (χ1v) is 10.6. The lowest BCUT2D eigenvalue weighted by molar-refractivity contribution is -0.113. The molecule has 0 spiro atoms. The summed E-state index contributed by atoms with van der Waals surface area (Å²) in [7, 11) is 0. The highest BCUT2D eigenvalue weighted by molar-refractivity contribution is 7.99. The van der Waals surface area contributed by atoms with E-state index in [4.69, 9.17) is 0 Å². The zero-order valence-corrected chi connectivity index (χ0v) is 17.5. The Labute approximate surface area is 177 Å². The fourth-order valence-corrected chi connectivity index (χ4v) is 3.87. The molecule has 2 aromatic carbocycles. The summed E-state index contributed by atoms with van der Waals surface area (Å²) in [6.07, 6.45) is 2.31. The second-order valence-electron chi connectivity index (χ2n) is 6.86. The summed E-state index contributed by atoms with van der Waals surface area (Å²) >= 11 is 1.26. The van der Waals surface area contributed by atoms with Crippen LogP contribution in [0.2, 0.25) is 0 Å². The molecule has 0 radical (unpaired) electrons. The van der Waals surface area contributed by atoms with E-state index in [9.17, 15) is 9.59 Å². The average molecular weight is 420 g/mol. The van der Waals surface area contributed by atoms with Crippen LogP contribution in [-0.4, -0.2) is 31.2 Å². The van der Waals surface area contributed by atoms with Crippen molar-refractivity contribution in [3.63, 3.8) is 0 Å². The smallest absolute Gasteiger partial charge is 0.278 e.